The minimum absolute atomic E-state index is 0.0181. The highest BCUT2D eigenvalue weighted by Gasteiger charge is 2.12. The summed E-state index contributed by atoms with van der Waals surface area (Å²) in [5.74, 6) is 0.368. The highest BCUT2D eigenvalue weighted by Crippen LogP contribution is 2.05. The minimum atomic E-state index is -0.281. The summed E-state index contributed by atoms with van der Waals surface area (Å²) in [5, 5.41) is 11.6. The number of hydrogen-bond acceptors (Lipinski definition) is 3. The Hall–Kier alpha value is -0.610. The summed E-state index contributed by atoms with van der Waals surface area (Å²) in [5.41, 5.74) is 0. The molecule has 1 amide bonds. The van der Waals surface area contributed by atoms with E-state index in [2.05, 4.69) is 12.2 Å². The summed E-state index contributed by atoms with van der Waals surface area (Å²) in [6.45, 7) is 4.35. The monoisotopic (exact) mass is 203 g/mol. The number of amides is 1. The highest BCUT2D eigenvalue weighted by atomic mass is 16.5. The van der Waals surface area contributed by atoms with E-state index in [-0.39, 0.29) is 18.6 Å². The molecule has 84 valence electrons. The van der Waals surface area contributed by atoms with Crippen molar-refractivity contribution in [3.63, 3.8) is 0 Å². The van der Waals surface area contributed by atoms with Crippen LogP contribution in [0.3, 0.4) is 0 Å². The van der Waals surface area contributed by atoms with Gasteiger partial charge in [0.1, 0.15) is 0 Å². The van der Waals surface area contributed by atoms with Crippen LogP contribution in [-0.4, -0.2) is 37.4 Å². The van der Waals surface area contributed by atoms with Crippen LogP contribution in [0.25, 0.3) is 0 Å². The lowest BCUT2D eigenvalue weighted by Gasteiger charge is -2.16. The van der Waals surface area contributed by atoms with E-state index < -0.39 is 0 Å². The van der Waals surface area contributed by atoms with Crippen molar-refractivity contribution in [3.05, 3.63) is 0 Å². The largest absolute Gasteiger partial charge is 0.394 e. The number of methoxy groups -OCH3 is 1. The SMILES string of the molecule is CCC(C)CC(=O)NC(CO)COC. The third kappa shape index (κ3) is 5.94. The van der Waals surface area contributed by atoms with Gasteiger partial charge < -0.3 is 15.2 Å². The second-order valence-electron chi connectivity index (χ2n) is 3.62. The van der Waals surface area contributed by atoms with E-state index >= 15 is 0 Å². The van der Waals surface area contributed by atoms with Crippen LogP contribution in [-0.2, 0) is 9.53 Å². The number of ether oxygens (including phenoxy) is 1. The molecule has 0 aromatic heterocycles. The summed E-state index contributed by atoms with van der Waals surface area (Å²) in [6.07, 6.45) is 1.50. The van der Waals surface area contributed by atoms with Crippen LogP contribution in [0.15, 0.2) is 0 Å². The first kappa shape index (κ1) is 13.4. The first-order valence-electron chi connectivity index (χ1n) is 5.03. The van der Waals surface area contributed by atoms with Crippen molar-refractivity contribution in [1.29, 1.82) is 0 Å². The fraction of sp³-hybridized carbons (Fsp3) is 0.900. The van der Waals surface area contributed by atoms with Gasteiger partial charge in [0.05, 0.1) is 19.3 Å². The van der Waals surface area contributed by atoms with E-state index in [0.29, 0.717) is 18.9 Å². The van der Waals surface area contributed by atoms with Gasteiger partial charge in [0.25, 0.3) is 0 Å². The van der Waals surface area contributed by atoms with Gasteiger partial charge in [-0.15, -0.1) is 0 Å². The van der Waals surface area contributed by atoms with Crippen LogP contribution in [0.2, 0.25) is 0 Å². The van der Waals surface area contributed by atoms with Crippen molar-refractivity contribution >= 4 is 5.91 Å². The molecular formula is C10H21NO3. The molecule has 0 aliphatic heterocycles. The molecule has 0 heterocycles. The van der Waals surface area contributed by atoms with Crippen molar-refractivity contribution in [1.82, 2.24) is 5.32 Å². The summed E-state index contributed by atoms with van der Waals surface area (Å²) < 4.78 is 4.85. The zero-order valence-corrected chi connectivity index (χ0v) is 9.25. The van der Waals surface area contributed by atoms with Crippen LogP contribution in [0, 0.1) is 5.92 Å². The Kier molecular flexibility index (Phi) is 7.42. The van der Waals surface area contributed by atoms with E-state index in [1.807, 2.05) is 6.92 Å². The number of hydrogen-bond donors (Lipinski definition) is 2. The zero-order valence-electron chi connectivity index (χ0n) is 9.25. The molecule has 0 aliphatic rings. The molecule has 0 aliphatic carbocycles. The third-order valence-electron chi connectivity index (χ3n) is 2.18. The highest BCUT2D eigenvalue weighted by molar-refractivity contribution is 5.76. The molecule has 0 fully saturated rings. The molecule has 0 rings (SSSR count). The van der Waals surface area contributed by atoms with Crippen molar-refractivity contribution in [2.24, 2.45) is 5.92 Å². The lowest BCUT2D eigenvalue weighted by molar-refractivity contribution is -0.123. The Balaban J connectivity index is 3.78. The number of aliphatic hydroxyl groups excluding tert-OH is 1. The Morgan fingerprint density at radius 3 is 2.64 bits per heavy atom. The number of nitrogens with one attached hydrogen (secondary N) is 1. The quantitative estimate of drug-likeness (QED) is 0.635. The predicted octanol–water partition coefficient (Wildman–Crippen LogP) is 0.546. The molecule has 0 saturated carbocycles. The smallest absolute Gasteiger partial charge is 0.220 e. The maximum absolute atomic E-state index is 11.4. The second kappa shape index (κ2) is 7.76. The predicted molar refractivity (Wildman–Crippen MR) is 55.0 cm³/mol. The fourth-order valence-corrected chi connectivity index (χ4v) is 1.09. The lowest BCUT2D eigenvalue weighted by Crippen LogP contribution is -2.41. The van der Waals surface area contributed by atoms with Crippen LogP contribution in [0.1, 0.15) is 26.7 Å². The van der Waals surface area contributed by atoms with Crippen molar-refractivity contribution in [2.45, 2.75) is 32.7 Å². The molecule has 4 heteroatoms. The topological polar surface area (TPSA) is 58.6 Å². The Bertz CT molecular complexity index is 161. The first-order valence-corrected chi connectivity index (χ1v) is 5.03. The molecule has 14 heavy (non-hydrogen) atoms. The zero-order chi connectivity index (χ0) is 11.0. The molecule has 0 radical (unpaired) electrons. The van der Waals surface area contributed by atoms with E-state index in [1.54, 1.807) is 7.11 Å². The molecule has 0 spiro atoms. The summed E-state index contributed by atoms with van der Waals surface area (Å²) in [6, 6.07) is -0.281. The van der Waals surface area contributed by atoms with Gasteiger partial charge in [-0.25, -0.2) is 0 Å². The van der Waals surface area contributed by atoms with Crippen molar-refractivity contribution in [2.75, 3.05) is 20.3 Å². The van der Waals surface area contributed by atoms with Gasteiger partial charge in [-0.2, -0.15) is 0 Å². The normalized spacial score (nSPS) is 14.9. The molecule has 0 aromatic carbocycles. The first-order chi connectivity index (χ1) is 6.63. The molecular weight excluding hydrogens is 182 g/mol. The molecule has 2 atom stereocenters. The lowest BCUT2D eigenvalue weighted by atomic mass is 10.0. The van der Waals surface area contributed by atoms with Gasteiger partial charge >= 0.3 is 0 Å². The van der Waals surface area contributed by atoms with E-state index in [1.165, 1.54) is 0 Å². The minimum Gasteiger partial charge on any atom is -0.394 e. The molecule has 0 aromatic rings. The average molecular weight is 203 g/mol. The fourth-order valence-electron chi connectivity index (χ4n) is 1.09. The number of carbonyl (C=O) groups is 1. The maximum Gasteiger partial charge on any atom is 0.220 e. The van der Waals surface area contributed by atoms with E-state index in [4.69, 9.17) is 9.84 Å². The van der Waals surface area contributed by atoms with Crippen LogP contribution in [0.4, 0.5) is 0 Å². The van der Waals surface area contributed by atoms with Crippen molar-refractivity contribution in [3.8, 4) is 0 Å². The molecule has 2 unspecified atom stereocenters. The third-order valence-corrected chi connectivity index (χ3v) is 2.18. The number of aliphatic hydroxyl groups is 1. The van der Waals surface area contributed by atoms with Crippen molar-refractivity contribution < 1.29 is 14.6 Å². The molecule has 0 saturated heterocycles. The van der Waals surface area contributed by atoms with Gasteiger partial charge in [0.2, 0.25) is 5.91 Å². The standard InChI is InChI=1S/C10H21NO3/c1-4-8(2)5-10(13)11-9(6-12)7-14-3/h8-9,12H,4-7H2,1-3H3,(H,11,13). The van der Waals surface area contributed by atoms with E-state index in [0.717, 1.165) is 6.42 Å². The maximum atomic E-state index is 11.4. The second-order valence-corrected chi connectivity index (χ2v) is 3.62. The number of carbonyl (C=O) groups excluding carboxylic acids is 1. The summed E-state index contributed by atoms with van der Waals surface area (Å²) in [4.78, 5) is 11.4. The van der Waals surface area contributed by atoms with E-state index in [9.17, 15) is 4.79 Å². The molecule has 2 N–H and O–H groups in total. The number of rotatable bonds is 7. The van der Waals surface area contributed by atoms with Gasteiger partial charge in [-0.1, -0.05) is 20.3 Å². The Morgan fingerprint density at radius 2 is 2.21 bits per heavy atom. The van der Waals surface area contributed by atoms with Gasteiger partial charge in [-0.05, 0) is 5.92 Å². The van der Waals surface area contributed by atoms with Crippen LogP contribution >= 0.6 is 0 Å². The Labute approximate surface area is 85.6 Å². The molecule has 0 bridgehead atoms. The average Bonchev–Trinajstić information content (AvgIpc) is 2.16. The van der Waals surface area contributed by atoms with Gasteiger partial charge in [0.15, 0.2) is 0 Å². The van der Waals surface area contributed by atoms with Crippen LogP contribution < -0.4 is 5.32 Å². The van der Waals surface area contributed by atoms with Crippen LogP contribution in [0.5, 0.6) is 0 Å². The van der Waals surface area contributed by atoms with Gasteiger partial charge in [0, 0.05) is 13.5 Å². The molecule has 4 nitrogen and oxygen atoms in total. The summed E-state index contributed by atoms with van der Waals surface area (Å²) >= 11 is 0. The Morgan fingerprint density at radius 1 is 1.57 bits per heavy atom. The van der Waals surface area contributed by atoms with Gasteiger partial charge in [-0.3, -0.25) is 4.79 Å². The summed E-state index contributed by atoms with van der Waals surface area (Å²) in [7, 11) is 1.55.